The molecule has 0 aliphatic heterocycles. The fourth-order valence-electron chi connectivity index (χ4n) is 4.07. The zero-order valence-corrected chi connectivity index (χ0v) is 21.1. The average Bonchev–Trinajstić information content (AvgIpc) is 3.36. The minimum Gasteiger partial charge on any atom is -0.461 e. The largest absolute Gasteiger partial charge is 0.461 e. The number of hydrogen-bond donors (Lipinski definition) is 0. The van der Waals surface area contributed by atoms with Gasteiger partial charge in [0.15, 0.2) is 11.6 Å². The van der Waals surface area contributed by atoms with Crippen LogP contribution in [0.3, 0.4) is 0 Å². The molecule has 0 saturated carbocycles. The lowest BCUT2D eigenvalue weighted by Gasteiger charge is -2.14. The van der Waals surface area contributed by atoms with Crippen molar-refractivity contribution in [3.05, 3.63) is 93.8 Å². The maximum Gasteiger partial charge on any atom is 0.417 e. The quantitative estimate of drug-likeness (QED) is 0.190. The summed E-state index contributed by atoms with van der Waals surface area (Å²) in [5.41, 5.74) is 2.89. The standard InChI is InChI=1S/C20H19F3N2O2.C8H7F3/c1-3-27-19(26)18-9-5-8-17(25-18)15-7-4-6-14(15)16-10-13(20(21,22)23)11-24-12(16)2;1-2-5-3-7(10)8(11)4-6(5)9/h5,8-11H,3-4,6-7H2,1-2H3;3-4H,2H2,1H3. The summed E-state index contributed by atoms with van der Waals surface area (Å²) in [5, 5.41) is 0. The van der Waals surface area contributed by atoms with Gasteiger partial charge in [0.05, 0.1) is 17.9 Å². The molecule has 0 spiro atoms. The van der Waals surface area contributed by atoms with Crippen molar-refractivity contribution in [2.45, 2.75) is 52.6 Å². The molecule has 4 rings (SSSR count). The number of ether oxygens (including phenoxy) is 1. The van der Waals surface area contributed by atoms with Gasteiger partial charge in [0, 0.05) is 18.0 Å². The maximum atomic E-state index is 13.1. The molecular weight excluding hydrogens is 510 g/mol. The minimum atomic E-state index is -4.45. The molecule has 0 amide bonds. The second-order valence-corrected chi connectivity index (χ2v) is 8.51. The van der Waals surface area contributed by atoms with Crippen LogP contribution in [0.5, 0.6) is 0 Å². The second-order valence-electron chi connectivity index (χ2n) is 8.51. The van der Waals surface area contributed by atoms with Crippen molar-refractivity contribution in [1.29, 1.82) is 0 Å². The van der Waals surface area contributed by atoms with E-state index in [1.54, 1.807) is 39.0 Å². The number of rotatable bonds is 5. The third kappa shape index (κ3) is 6.79. The third-order valence-corrected chi connectivity index (χ3v) is 5.97. The zero-order chi connectivity index (χ0) is 28.0. The van der Waals surface area contributed by atoms with Gasteiger partial charge in [-0.25, -0.2) is 22.9 Å². The second kappa shape index (κ2) is 12.2. The number of aromatic nitrogens is 2. The Kier molecular flexibility index (Phi) is 9.30. The summed E-state index contributed by atoms with van der Waals surface area (Å²) in [5.74, 6) is -3.34. The van der Waals surface area contributed by atoms with E-state index < -0.39 is 35.2 Å². The van der Waals surface area contributed by atoms with Crippen molar-refractivity contribution in [2.24, 2.45) is 0 Å². The number of carbonyl (C=O) groups excluding carboxylic acids is 1. The summed E-state index contributed by atoms with van der Waals surface area (Å²) >= 11 is 0. The van der Waals surface area contributed by atoms with Crippen LogP contribution in [-0.4, -0.2) is 22.5 Å². The molecule has 0 radical (unpaired) electrons. The van der Waals surface area contributed by atoms with Crippen molar-refractivity contribution in [1.82, 2.24) is 9.97 Å². The molecule has 38 heavy (non-hydrogen) atoms. The van der Waals surface area contributed by atoms with Gasteiger partial charge < -0.3 is 4.74 Å². The van der Waals surface area contributed by atoms with Gasteiger partial charge in [0.1, 0.15) is 11.5 Å². The predicted molar refractivity (Wildman–Crippen MR) is 131 cm³/mol. The van der Waals surface area contributed by atoms with E-state index in [1.165, 1.54) is 0 Å². The van der Waals surface area contributed by atoms with E-state index in [-0.39, 0.29) is 17.9 Å². The van der Waals surface area contributed by atoms with Crippen LogP contribution in [0.25, 0.3) is 11.1 Å². The van der Waals surface area contributed by atoms with Gasteiger partial charge in [-0.15, -0.1) is 0 Å². The highest BCUT2D eigenvalue weighted by atomic mass is 19.4. The molecule has 0 fully saturated rings. The first-order valence-corrected chi connectivity index (χ1v) is 12.0. The summed E-state index contributed by atoms with van der Waals surface area (Å²) in [6.07, 6.45) is -1.09. The van der Waals surface area contributed by atoms with Gasteiger partial charge in [-0.2, -0.15) is 13.2 Å². The fraction of sp³-hybridized carbons (Fsp3) is 0.321. The van der Waals surface area contributed by atoms with Gasteiger partial charge in [-0.1, -0.05) is 13.0 Å². The summed E-state index contributed by atoms with van der Waals surface area (Å²) in [6, 6.07) is 7.62. The van der Waals surface area contributed by atoms with Gasteiger partial charge in [0.2, 0.25) is 0 Å². The summed E-state index contributed by atoms with van der Waals surface area (Å²) in [6.45, 7) is 5.33. The van der Waals surface area contributed by atoms with Crippen molar-refractivity contribution in [3.63, 3.8) is 0 Å². The molecule has 2 aromatic heterocycles. The van der Waals surface area contributed by atoms with Crippen LogP contribution >= 0.6 is 0 Å². The number of allylic oxidation sites excluding steroid dienone is 2. The van der Waals surface area contributed by atoms with E-state index >= 15 is 0 Å². The first-order chi connectivity index (χ1) is 18.0. The van der Waals surface area contributed by atoms with Crippen LogP contribution in [0.4, 0.5) is 26.3 Å². The molecule has 10 heteroatoms. The molecule has 1 aliphatic rings. The summed E-state index contributed by atoms with van der Waals surface area (Å²) in [4.78, 5) is 20.3. The maximum absolute atomic E-state index is 13.1. The predicted octanol–water partition coefficient (Wildman–Crippen LogP) is 7.74. The number of alkyl halides is 3. The summed E-state index contributed by atoms with van der Waals surface area (Å²) < 4.78 is 81.6. The zero-order valence-electron chi connectivity index (χ0n) is 21.1. The summed E-state index contributed by atoms with van der Waals surface area (Å²) in [7, 11) is 0. The Labute approximate surface area is 216 Å². The molecule has 1 aromatic carbocycles. The first kappa shape index (κ1) is 28.9. The molecule has 0 unspecified atom stereocenters. The van der Waals surface area contributed by atoms with Gasteiger partial charge in [-0.05, 0) is 86.1 Å². The van der Waals surface area contributed by atoms with Crippen molar-refractivity contribution < 1.29 is 35.9 Å². The molecule has 3 aromatic rings. The van der Waals surface area contributed by atoms with Crippen LogP contribution in [0.1, 0.15) is 71.7 Å². The molecule has 0 N–H and O–H groups in total. The van der Waals surface area contributed by atoms with Gasteiger partial charge in [-0.3, -0.25) is 4.98 Å². The minimum absolute atomic E-state index is 0.187. The van der Waals surface area contributed by atoms with Gasteiger partial charge in [0.25, 0.3) is 0 Å². The third-order valence-electron chi connectivity index (χ3n) is 5.97. The van der Waals surface area contributed by atoms with E-state index in [4.69, 9.17) is 4.74 Å². The number of carbonyl (C=O) groups is 1. The van der Waals surface area contributed by atoms with Gasteiger partial charge >= 0.3 is 12.1 Å². The van der Waals surface area contributed by atoms with E-state index in [9.17, 15) is 31.1 Å². The lowest BCUT2D eigenvalue weighted by Crippen LogP contribution is -2.08. The Morgan fingerprint density at radius 1 is 0.974 bits per heavy atom. The van der Waals surface area contributed by atoms with Crippen molar-refractivity contribution >= 4 is 17.1 Å². The molecule has 0 bridgehead atoms. The van der Waals surface area contributed by atoms with Crippen LogP contribution in [0.15, 0.2) is 42.6 Å². The fourth-order valence-corrected chi connectivity index (χ4v) is 4.07. The van der Waals surface area contributed by atoms with Crippen LogP contribution < -0.4 is 0 Å². The van der Waals surface area contributed by atoms with Crippen LogP contribution in [0, 0.1) is 24.4 Å². The SMILES string of the molecule is CCOC(=O)c1cccc(C2=C(c3cc(C(F)(F)F)cnc3C)CCC2)n1.CCc1cc(F)c(F)cc1F. The number of esters is 1. The molecule has 2 heterocycles. The normalized spacial score (nSPS) is 13.3. The molecule has 4 nitrogen and oxygen atoms in total. The highest BCUT2D eigenvalue weighted by Crippen LogP contribution is 2.41. The monoisotopic (exact) mass is 536 g/mol. The number of nitrogens with zero attached hydrogens (tertiary/aromatic N) is 2. The number of benzene rings is 1. The van der Waals surface area contributed by atoms with E-state index in [1.807, 2.05) is 0 Å². The Hall–Kier alpha value is -3.69. The number of aryl methyl sites for hydroxylation is 2. The number of halogens is 6. The topological polar surface area (TPSA) is 52.1 Å². The van der Waals surface area contributed by atoms with Crippen LogP contribution in [-0.2, 0) is 17.3 Å². The molecule has 0 saturated heterocycles. The number of pyridine rings is 2. The average molecular weight is 537 g/mol. The molecule has 202 valence electrons. The van der Waals surface area contributed by atoms with Crippen LogP contribution in [0.2, 0.25) is 0 Å². The van der Waals surface area contributed by atoms with E-state index in [2.05, 4.69) is 9.97 Å². The highest BCUT2D eigenvalue weighted by molar-refractivity contribution is 5.94. The van der Waals surface area contributed by atoms with Crippen molar-refractivity contribution in [3.8, 4) is 0 Å². The van der Waals surface area contributed by atoms with E-state index in [0.717, 1.165) is 35.9 Å². The first-order valence-electron chi connectivity index (χ1n) is 12.0. The smallest absolute Gasteiger partial charge is 0.417 e. The Bertz CT molecular complexity index is 1350. The lowest BCUT2D eigenvalue weighted by molar-refractivity contribution is -0.137. The molecule has 0 atom stereocenters. The Morgan fingerprint density at radius 3 is 2.32 bits per heavy atom. The van der Waals surface area contributed by atoms with E-state index in [0.29, 0.717) is 42.3 Å². The Morgan fingerprint density at radius 2 is 1.66 bits per heavy atom. The lowest BCUT2D eigenvalue weighted by atomic mass is 9.97. The molecule has 1 aliphatic carbocycles. The van der Waals surface area contributed by atoms with Crippen molar-refractivity contribution in [2.75, 3.05) is 6.61 Å². The highest BCUT2D eigenvalue weighted by Gasteiger charge is 2.32. The Balaban J connectivity index is 0.000000304. The molecular formula is C28H26F6N2O2. The number of hydrogen-bond acceptors (Lipinski definition) is 4.